The van der Waals surface area contributed by atoms with Gasteiger partial charge in [-0.25, -0.2) is 0 Å². The molecule has 3 rings (SSSR count). The van der Waals surface area contributed by atoms with Crippen molar-refractivity contribution in [3.63, 3.8) is 0 Å². The van der Waals surface area contributed by atoms with Crippen LogP contribution in [-0.4, -0.2) is 17.3 Å². The van der Waals surface area contributed by atoms with E-state index in [1.165, 1.54) is 0 Å². The summed E-state index contributed by atoms with van der Waals surface area (Å²) in [5.74, 6) is -0.468. The molecular weight excluding hydrogens is 276 g/mol. The van der Waals surface area contributed by atoms with Crippen LogP contribution >= 0.6 is 0 Å². The van der Waals surface area contributed by atoms with Crippen LogP contribution in [0.1, 0.15) is 38.8 Å². The van der Waals surface area contributed by atoms with E-state index in [2.05, 4.69) is 11.6 Å². The standard InChI is InChI=1S/C18H14N2O2/c1-3-10(2)20-14-9-8-13(19)15-16(14)18(22)12-7-5-4-6-11(12)17(15)21/h3-9H,1,19H2,2H3. The number of aliphatic imine (C=N–C) groups is 1. The number of allylic oxidation sites excluding steroid dienone is 1. The lowest BCUT2D eigenvalue weighted by Crippen LogP contribution is -2.22. The number of hydrogen-bond acceptors (Lipinski definition) is 4. The van der Waals surface area contributed by atoms with E-state index in [1.807, 2.05) is 0 Å². The Morgan fingerprint density at radius 2 is 1.64 bits per heavy atom. The minimum absolute atomic E-state index is 0.229. The molecule has 0 fully saturated rings. The number of benzene rings is 2. The maximum Gasteiger partial charge on any atom is 0.196 e. The molecule has 0 aliphatic heterocycles. The van der Waals surface area contributed by atoms with Crippen molar-refractivity contribution < 1.29 is 9.59 Å². The Balaban J connectivity index is 2.34. The first-order valence-corrected chi connectivity index (χ1v) is 6.83. The summed E-state index contributed by atoms with van der Waals surface area (Å²) in [5.41, 5.74) is 8.61. The molecule has 1 aliphatic carbocycles. The number of ketones is 2. The van der Waals surface area contributed by atoms with Gasteiger partial charge in [0.25, 0.3) is 0 Å². The first kappa shape index (κ1) is 13.9. The quantitative estimate of drug-likeness (QED) is 0.581. The molecule has 2 aromatic rings. The number of rotatable bonds is 2. The molecule has 0 saturated heterocycles. The van der Waals surface area contributed by atoms with Crippen molar-refractivity contribution >= 4 is 28.7 Å². The topological polar surface area (TPSA) is 72.5 Å². The van der Waals surface area contributed by atoms with Crippen LogP contribution < -0.4 is 5.73 Å². The largest absolute Gasteiger partial charge is 0.398 e. The van der Waals surface area contributed by atoms with E-state index in [-0.39, 0.29) is 28.4 Å². The van der Waals surface area contributed by atoms with Crippen LogP contribution in [0.2, 0.25) is 0 Å². The lowest BCUT2D eigenvalue weighted by molar-refractivity contribution is 0.0980. The molecule has 0 heterocycles. The maximum absolute atomic E-state index is 12.8. The van der Waals surface area contributed by atoms with E-state index in [0.717, 1.165) is 0 Å². The lowest BCUT2D eigenvalue weighted by Gasteiger charge is -2.20. The molecule has 2 aromatic carbocycles. The van der Waals surface area contributed by atoms with Crippen molar-refractivity contribution in [1.82, 2.24) is 0 Å². The molecule has 22 heavy (non-hydrogen) atoms. The number of nitrogen functional groups attached to an aromatic ring is 1. The summed E-state index contributed by atoms with van der Waals surface area (Å²) < 4.78 is 0. The minimum atomic E-state index is -0.240. The number of carbonyl (C=O) groups excluding carboxylic acids is 2. The summed E-state index contributed by atoms with van der Waals surface area (Å²) in [5, 5.41) is 0. The van der Waals surface area contributed by atoms with Crippen molar-refractivity contribution in [1.29, 1.82) is 0 Å². The van der Waals surface area contributed by atoms with Crippen molar-refractivity contribution in [3.05, 3.63) is 71.3 Å². The molecule has 0 amide bonds. The zero-order chi connectivity index (χ0) is 15.9. The third-order valence-electron chi connectivity index (χ3n) is 3.68. The van der Waals surface area contributed by atoms with Gasteiger partial charge >= 0.3 is 0 Å². The van der Waals surface area contributed by atoms with Gasteiger partial charge < -0.3 is 5.73 Å². The molecule has 0 unspecified atom stereocenters. The van der Waals surface area contributed by atoms with Gasteiger partial charge in [-0.1, -0.05) is 30.8 Å². The van der Waals surface area contributed by atoms with Gasteiger partial charge in [0.05, 0.1) is 16.8 Å². The summed E-state index contributed by atoms with van der Waals surface area (Å²) in [6, 6.07) is 10.0. The second-order valence-corrected chi connectivity index (χ2v) is 5.09. The third-order valence-corrected chi connectivity index (χ3v) is 3.68. The van der Waals surface area contributed by atoms with Crippen LogP contribution in [0, 0.1) is 0 Å². The Hall–Kier alpha value is -3.01. The Bertz CT molecular complexity index is 863. The van der Waals surface area contributed by atoms with Gasteiger partial charge in [0.1, 0.15) is 0 Å². The average molecular weight is 290 g/mol. The SMILES string of the molecule is C=CC(C)=Nc1ccc(N)c2c1C(=O)c1ccccc1C2=O. The van der Waals surface area contributed by atoms with E-state index >= 15 is 0 Å². The summed E-state index contributed by atoms with van der Waals surface area (Å²) in [6.07, 6.45) is 1.59. The van der Waals surface area contributed by atoms with Gasteiger partial charge in [0.15, 0.2) is 11.6 Å². The highest BCUT2D eigenvalue weighted by Crippen LogP contribution is 2.36. The van der Waals surface area contributed by atoms with Gasteiger partial charge in [-0.15, -0.1) is 0 Å². The van der Waals surface area contributed by atoms with E-state index in [0.29, 0.717) is 22.5 Å². The fourth-order valence-corrected chi connectivity index (χ4v) is 2.56. The third kappa shape index (κ3) is 1.97. The van der Waals surface area contributed by atoms with Crippen LogP contribution in [0.4, 0.5) is 11.4 Å². The number of carbonyl (C=O) groups is 2. The monoisotopic (exact) mass is 290 g/mol. The fourth-order valence-electron chi connectivity index (χ4n) is 2.56. The van der Waals surface area contributed by atoms with E-state index < -0.39 is 0 Å². The molecule has 4 nitrogen and oxygen atoms in total. The van der Waals surface area contributed by atoms with Crippen LogP contribution in [0.25, 0.3) is 0 Å². The van der Waals surface area contributed by atoms with Crippen molar-refractivity contribution in [2.45, 2.75) is 6.92 Å². The minimum Gasteiger partial charge on any atom is -0.398 e. The van der Waals surface area contributed by atoms with Crippen molar-refractivity contribution in [2.24, 2.45) is 4.99 Å². The number of hydrogen-bond donors (Lipinski definition) is 1. The Morgan fingerprint density at radius 3 is 2.23 bits per heavy atom. The van der Waals surface area contributed by atoms with Gasteiger partial charge in [-0.05, 0) is 25.1 Å². The highest BCUT2D eigenvalue weighted by molar-refractivity contribution is 6.31. The normalized spacial score (nSPS) is 13.6. The van der Waals surface area contributed by atoms with Crippen LogP contribution in [0.3, 0.4) is 0 Å². The molecule has 0 atom stereocenters. The highest BCUT2D eigenvalue weighted by Gasteiger charge is 2.33. The molecule has 0 radical (unpaired) electrons. The zero-order valence-corrected chi connectivity index (χ0v) is 12.1. The zero-order valence-electron chi connectivity index (χ0n) is 12.1. The molecule has 108 valence electrons. The molecule has 0 aromatic heterocycles. The first-order chi connectivity index (χ1) is 10.5. The van der Waals surface area contributed by atoms with E-state index in [9.17, 15) is 9.59 Å². The predicted octanol–water partition coefficient (Wildman–Crippen LogP) is 3.32. The molecule has 1 aliphatic rings. The predicted molar refractivity (Wildman–Crippen MR) is 87.1 cm³/mol. The summed E-state index contributed by atoms with van der Waals surface area (Å²) in [4.78, 5) is 29.8. The second-order valence-electron chi connectivity index (χ2n) is 5.09. The van der Waals surface area contributed by atoms with Crippen LogP contribution in [0.5, 0.6) is 0 Å². The van der Waals surface area contributed by atoms with Crippen LogP contribution in [0.15, 0.2) is 54.0 Å². The number of nitrogens with two attached hydrogens (primary N) is 1. The summed E-state index contributed by atoms with van der Waals surface area (Å²) in [7, 11) is 0. The Labute approximate surface area is 128 Å². The molecule has 0 spiro atoms. The summed E-state index contributed by atoms with van der Waals surface area (Å²) >= 11 is 0. The summed E-state index contributed by atoms with van der Waals surface area (Å²) in [6.45, 7) is 5.43. The first-order valence-electron chi connectivity index (χ1n) is 6.83. The molecule has 0 bridgehead atoms. The number of fused-ring (bicyclic) bond motifs is 2. The second kappa shape index (κ2) is 5.07. The van der Waals surface area contributed by atoms with Gasteiger partial charge in [-0.3, -0.25) is 14.6 Å². The van der Waals surface area contributed by atoms with Crippen molar-refractivity contribution in [2.75, 3.05) is 5.73 Å². The van der Waals surface area contributed by atoms with Gasteiger partial charge in [0, 0.05) is 22.5 Å². The smallest absolute Gasteiger partial charge is 0.196 e. The molecule has 0 saturated carbocycles. The molecule has 4 heteroatoms. The van der Waals surface area contributed by atoms with Gasteiger partial charge in [-0.2, -0.15) is 0 Å². The Kier molecular flexibility index (Phi) is 3.22. The Morgan fingerprint density at radius 1 is 1.05 bits per heavy atom. The van der Waals surface area contributed by atoms with E-state index in [4.69, 9.17) is 5.73 Å². The number of nitrogens with zero attached hydrogens (tertiary/aromatic N) is 1. The average Bonchev–Trinajstić information content (AvgIpc) is 2.54. The van der Waals surface area contributed by atoms with Gasteiger partial charge in [0.2, 0.25) is 0 Å². The highest BCUT2D eigenvalue weighted by atomic mass is 16.1. The number of anilines is 1. The lowest BCUT2D eigenvalue weighted by atomic mass is 9.82. The molecular formula is C18H14N2O2. The maximum atomic E-state index is 12.8. The fraction of sp³-hybridized carbons (Fsp3) is 0.0556. The van der Waals surface area contributed by atoms with Crippen LogP contribution in [-0.2, 0) is 0 Å². The van der Waals surface area contributed by atoms with E-state index in [1.54, 1.807) is 49.4 Å². The van der Waals surface area contributed by atoms with Crippen molar-refractivity contribution in [3.8, 4) is 0 Å². The molecule has 2 N–H and O–H groups in total.